The van der Waals surface area contributed by atoms with E-state index in [2.05, 4.69) is 20.3 Å². The van der Waals surface area contributed by atoms with Gasteiger partial charge in [0, 0.05) is 6.04 Å². The van der Waals surface area contributed by atoms with Gasteiger partial charge >= 0.3 is 5.69 Å². The summed E-state index contributed by atoms with van der Waals surface area (Å²) in [5.41, 5.74) is 1.31. The summed E-state index contributed by atoms with van der Waals surface area (Å²) in [5.74, 6) is 0. The standard InChI is InChI=1S/C10H12N5O/c16-10-14-9-8(5-12-6-13-9)15(10)7-1-3-11-4-2-7/h5-7H,1-4H2,(H,12,13,14,16)/q-1. The minimum atomic E-state index is -0.0950. The minimum Gasteiger partial charge on any atom is -0.662 e. The molecule has 1 fully saturated rings. The van der Waals surface area contributed by atoms with Crippen molar-refractivity contribution in [2.75, 3.05) is 13.1 Å². The summed E-state index contributed by atoms with van der Waals surface area (Å²) < 4.78 is 1.77. The molecule has 0 aliphatic carbocycles. The summed E-state index contributed by atoms with van der Waals surface area (Å²) in [6, 6.07) is 0.227. The van der Waals surface area contributed by atoms with E-state index in [0.29, 0.717) is 5.65 Å². The average molecular weight is 218 g/mol. The first-order valence-electron chi connectivity index (χ1n) is 5.40. The number of imidazole rings is 1. The largest absolute Gasteiger partial charge is 0.662 e. The van der Waals surface area contributed by atoms with Gasteiger partial charge in [0.05, 0.1) is 6.20 Å². The van der Waals surface area contributed by atoms with Crippen molar-refractivity contribution < 1.29 is 0 Å². The molecule has 2 aromatic rings. The van der Waals surface area contributed by atoms with Crippen LogP contribution < -0.4 is 5.69 Å². The molecule has 2 aromatic heterocycles. The van der Waals surface area contributed by atoms with Crippen molar-refractivity contribution in [1.29, 1.82) is 0 Å². The van der Waals surface area contributed by atoms with Crippen LogP contribution in [0.25, 0.3) is 16.5 Å². The third-order valence-electron chi connectivity index (χ3n) is 3.00. The fourth-order valence-electron chi connectivity index (χ4n) is 2.22. The van der Waals surface area contributed by atoms with E-state index in [1.165, 1.54) is 6.33 Å². The summed E-state index contributed by atoms with van der Waals surface area (Å²) in [6.45, 7) is 1.66. The van der Waals surface area contributed by atoms with E-state index < -0.39 is 0 Å². The van der Waals surface area contributed by atoms with Gasteiger partial charge in [0.1, 0.15) is 11.8 Å². The molecule has 0 atom stereocenters. The Morgan fingerprint density at radius 2 is 2.25 bits per heavy atom. The Balaban J connectivity index is 2.14. The zero-order chi connectivity index (χ0) is 11.0. The van der Waals surface area contributed by atoms with E-state index >= 15 is 0 Å². The molecule has 3 rings (SSSR count). The van der Waals surface area contributed by atoms with Gasteiger partial charge in [-0.3, -0.25) is 9.55 Å². The highest BCUT2D eigenvalue weighted by Gasteiger charge is 2.16. The Morgan fingerprint density at radius 3 is 3.06 bits per heavy atom. The maximum absolute atomic E-state index is 11.8. The second-order valence-corrected chi connectivity index (χ2v) is 3.96. The van der Waals surface area contributed by atoms with Gasteiger partial charge in [0.25, 0.3) is 0 Å². The lowest BCUT2D eigenvalue weighted by atomic mass is 10.1. The van der Waals surface area contributed by atoms with Crippen LogP contribution in [0.2, 0.25) is 0 Å². The number of nitrogens with one attached hydrogen (secondary N) is 1. The highest BCUT2D eigenvalue weighted by Crippen LogP contribution is 2.24. The van der Waals surface area contributed by atoms with Crippen LogP contribution in [-0.4, -0.2) is 32.6 Å². The first kappa shape index (κ1) is 9.53. The highest BCUT2D eigenvalue weighted by atomic mass is 16.1. The summed E-state index contributed by atoms with van der Waals surface area (Å²) in [7, 11) is 0. The Kier molecular flexibility index (Phi) is 2.21. The minimum absolute atomic E-state index is 0.0950. The summed E-state index contributed by atoms with van der Waals surface area (Å²) in [6.07, 6.45) is 4.97. The summed E-state index contributed by atoms with van der Waals surface area (Å²) in [4.78, 5) is 22.6. The van der Waals surface area contributed by atoms with Gasteiger partial charge in [0.15, 0.2) is 5.65 Å². The van der Waals surface area contributed by atoms with Gasteiger partial charge in [0.2, 0.25) is 0 Å². The number of hydrogen-bond donors (Lipinski definition) is 1. The van der Waals surface area contributed by atoms with Gasteiger partial charge in [-0.25, -0.2) is 14.8 Å². The van der Waals surface area contributed by atoms with Crippen LogP contribution in [0.5, 0.6) is 0 Å². The fourth-order valence-corrected chi connectivity index (χ4v) is 2.22. The molecule has 0 saturated carbocycles. The van der Waals surface area contributed by atoms with Gasteiger partial charge < -0.3 is 5.32 Å². The van der Waals surface area contributed by atoms with Crippen LogP contribution in [0.4, 0.5) is 0 Å². The van der Waals surface area contributed by atoms with Crippen LogP contribution >= 0.6 is 0 Å². The van der Waals surface area contributed by atoms with Gasteiger partial charge in [-0.1, -0.05) is 12.8 Å². The molecule has 0 unspecified atom stereocenters. The lowest BCUT2D eigenvalue weighted by molar-refractivity contribution is 0.432. The smallest absolute Gasteiger partial charge is 0.327 e. The molecular formula is C10H12N5O-. The maximum atomic E-state index is 11.8. The quantitative estimate of drug-likeness (QED) is 0.770. The van der Waals surface area contributed by atoms with E-state index in [4.69, 9.17) is 0 Å². The molecule has 0 amide bonds. The van der Waals surface area contributed by atoms with Crippen LogP contribution in [0.3, 0.4) is 0 Å². The molecule has 1 aliphatic rings. The molecule has 1 saturated heterocycles. The van der Waals surface area contributed by atoms with E-state index in [0.717, 1.165) is 31.4 Å². The normalized spacial score (nSPS) is 18.0. The predicted octanol–water partition coefficient (Wildman–Crippen LogP) is 0.828. The number of H-pyrrole nitrogens is 1. The lowest BCUT2D eigenvalue weighted by Crippen LogP contribution is -2.26. The van der Waals surface area contributed by atoms with Gasteiger partial charge in [-0.05, 0) is 0 Å². The molecule has 0 bridgehead atoms. The van der Waals surface area contributed by atoms with E-state index in [1.807, 2.05) is 0 Å². The van der Waals surface area contributed by atoms with E-state index in [1.54, 1.807) is 10.8 Å². The molecule has 6 heteroatoms. The molecule has 1 N–H and O–H groups in total. The Morgan fingerprint density at radius 1 is 1.44 bits per heavy atom. The molecular weight excluding hydrogens is 206 g/mol. The van der Waals surface area contributed by atoms with Crippen LogP contribution in [0.15, 0.2) is 17.3 Å². The molecule has 84 valence electrons. The Bertz CT molecular complexity index is 552. The van der Waals surface area contributed by atoms with Crippen molar-refractivity contribution in [3.63, 3.8) is 0 Å². The van der Waals surface area contributed by atoms with Gasteiger partial charge in [-0.15, -0.1) is 13.1 Å². The number of hydrogen-bond acceptors (Lipinski definition) is 3. The summed E-state index contributed by atoms with van der Waals surface area (Å²) in [5, 5.41) is 4.29. The first-order chi connectivity index (χ1) is 7.86. The van der Waals surface area contributed by atoms with Crippen molar-refractivity contribution in [1.82, 2.24) is 19.5 Å². The Labute approximate surface area is 91.7 Å². The van der Waals surface area contributed by atoms with E-state index in [9.17, 15) is 4.79 Å². The molecule has 0 spiro atoms. The second kappa shape index (κ2) is 3.71. The molecule has 3 heterocycles. The number of aromatic amines is 1. The molecule has 0 aromatic carbocycles. The number of aromatic nitrogens is 4. The first-order valence-corrected chi connectivity index (χ1v) is 5.40. The second-order valence-electron chi connectivity index (χ2n) is 3.96. The molecule has 6 nitrogen and oxygen atoms in total. The lowest BCUT2D eigenvalue weighted by Gasteiger charge is -2.32. The third kappa shape index (κ3) is 1.42. The molecule has 16 heavy (non-hydrogen) atoms. The molecule has 0 radical (unpaired) electrons. The number of piperidine rings is 1. The van der Waals surface area contributed by atoms with E-state index in [-0.39, 0.29) is 11.7 Å². The third-order valence-corrected chi connectivity index (χ3v) is 3.00. The average Bonchev–Trinajstić information content (AvgIpc) is 2.66. The van der Waals surface area contributed by atoms with Crippen LogP contribution in [-0.2, 0) is 0 Å². The Hall–Kier alpha value is -1.69. The zero-order valence-corrected chi connectivity index (χ0v) is 8.76. The monoisotopic (exact) mass is 218 g/mol. The summed E-state index contributed by atoms with van der Waals surface area (Å²) >= 11 is 0. The topological polar surface area (TPSA) is 77.7 Å². The highest BCUT2D eigenvalue weighted by molar-refractivity contribution is 5.69. The van der Waals surface area contributed by atoms with Crippen molar-refractivity contribution in [2.45, 2.75) is 18.9 Å². The van der Waals surface area contributed by atoms with Crippen molar-refractivity contribution in [3.8, 4) is 0 Å². The molecule has 1 aliphatic heterocycles. The van der Waals surface area contributed by atoms with Gasteiger partial charge in [-0.2, -0.15) is 0 Å². The van der Waals surface area contributed by atoms with Crippen molar-refractivity contribution in [2.24, 2.45) is 0 Å². The number of nitrogens with zero attached hydrogens (tertiary/aromatic N) is 4. The van der Waals surface area contributed by atoms with Crippen LogP contribution in [0, 0.1) is 0 Å². The van der Waals surface area contributed by atoms with Crippen molar-refractivity contribution in [3.05, 3.63) is 28.3 Å². The van der Waals surface area contributed by atoms with Crippen molar-refractivity contribution >= 4 is 11.2 Å². The maximum Gasteiger partial charge on any atom is 0.327 e. The van der Waals surface area contributed by atoms with Crippen LogP contribution in [0.1, 0.15) is 18.9 Å². The fraction of sp³-hybridized carbons (Fsp3) is 0.500. The number of fused-ring (bicyclic) bond motifs is 1. The zero-order valence-electron chi connectivity index (χ0n) is 8.76. The predicted molar refractivity (Wildman–Crippen MR) is 59.5 cm³/mol. The SMILES string of the molecule is O=c1[nH]c2ncncc2n1C1CC[N-]CC1. The number of rotatable bonds is 1.